The van der Waals surface area contributed by atoms with Crippen LogP contribution in [-0.4, -0.2) is 39.1 Å². The molecule has 1 N–H and O–H groups in total. The number of hydrogen-bond acceptors (Lipinski definition) is 6. The van der Waals surface area contributed by atoms with Crippen molar-refractivity contribution in [2.24, 2.45) is 0 Å². The quantitative estimate of drug-likeness (QED) is 0.409. The number of hydrogen-bond donors (Lipinski definition) is 1. The van der Waals surface area contributed by atoms with Crippen molar-refractivity contribution in [1.82, 2.24) is 25.5 Å². The number of tetrazole rings is 1. The minimum Gasteiger partial charge on any atom is -0.494 e. The maximum Gasteiger partial charge on any atom is 0.214 e. The van der Waals surface area contributed by atoms with Crippen LogP contribution in [0.4, 0.5) is 0 Å². The summed E-state index contributed by atoms with van der Waals surface area (Å²) in [4.78, 5) is 0. The first-order chi connectivity index (χ1) is 12.9. The Kier molecular flexibility index (Phi) is 9.10. The van der Waals surface area contributed by atoms with Gasteiger partial charge in [-0.3, -0.25) is 0 Å². The molecule has 0 saturated heterocycles. The topological polar surface area (TPSA) is 64.9 Å². The molecule has 0 atom stereocenters. The minimum absolute atomic E-state index is 0. The van der Waals surface area contributed by atoms with E-state index in [4.69, 9.17) is 4.74 Å². The standard InChI is InChI=1S/C19H23N5OS.ClH/c1-2-25-18-11-6-8-16(14-18)15-20-12-7-13-26-19-21-22-23-24(19)17-9-4-3-5-10-17;/h3-6,8-11,14,20H,2,7,12-13,15H2,1H3;1H. The summed E-state index contributed by atoms with van der Waals surface area (Å²) < 4.78 is 7.30. The van der Waals surface area contributed by atoms with Crippen molar-refractivity contribution in [1.29, 1.82) is 0 Å². The van der Waals surface area contributed by atoms with Gasteiger partial charge in [0.1, 0.15) is 5.75 Å². The van der Waals surface area contributed by atoms with Crippen molar-refractivity contribution in [3.63, 3.8) is 0 Å². The molecule has 0 amide bonds. The van der Waals surface area contributed by atoms with Crippen LogP contribution in [0.25, 0.3) is 5.69 Å². The maximum atomic E-state index is 5.53. The molecule has 3 rings (SSSR count). The highest BCUT2D eigenvalue weighted by molar-refractivity contribution is 7.99. The summed E-state index contributed by atoms with van der Waals surface area (Å²) in [6.45, 7) is 4.47. The predicted molar refractivity (Wildman–Crippen MR) is 111 cm³/mol. The number of benzene rings is 2. The fourth-order valence-corrected chi connectivity index (χ4v) is 3.34. The molecule has 0 radical (unpaired) electrons. The van der Waals surface area contributed by atoms with Crippen molar-refractivity contribution in [2.75, 3.05) is 18.9 Å². The molecule has 1 heterocycles. The molecule has 3 aromatic rings. The molecule has 0 spiro atoms. The molecule has 0 saturated carbocycles. The second kappa shape index (κ2) is 11.6. The highest BCUT2D eigenvalue weighted by Crippen LogP contribution is 2.18. The van der Waals surface area contributed by atoms with E-state index in [2.05, 4.69) is 33.0 Å². The zero-order valence-electron chi connectivity index (χ0n) is 15.2. The Hall–Kier alpha value is -2.09. The molecule has 0 aliphatic heterocycles. The van der Waals surface area contributed by atoms with E-state index in [1.807, 2.05) is 49.4 Å². The zero-order chi connectivity index (χ0) is 18.0. The number of halogens is 1. The Balaban J connectivity index is 0.00000261. The molecule has 2 aromatic carbocycles. The molecule has 8 heteroatoms. The lowest BCUT2D eigenvalue weighted by molar-refractivity contribution is 0.340. The third-order valence-corrected chi connectivity index (χ3v) is 4.71. The first-order valence-electron chi connectivity index (χ1n) is 8.76. The number of thioether (sulfide) groups is 1. The summed E-state index contributed by atoms with van der Waals surface area (Å²) in [5.74, 6) is 1.88. The zero-order valence-corrected chi connectivity index (χ0v) is 16.9. The fourth-order valence-electron chi connectivity index (χ4n) is 2.51. The van der Waals surface area contributed by atoms with Crippen LogP contribution in [0.2, 0.25) is 0 Å². The van der Waals surface area contributed by atoms with E-state index in [0.717, 1.165) is 41.9 Å². The number of nitrogens with zero attached hydrogens (tertiary/aromatic N) is 4. The van der Waals surface area contributed by atoms with Gasteiger partial charge in [0, 0.05) is 12.3 Å². The first kappa shape index (κ1) is 21.2. The number of rotatable bonds is 10. The lowest BCUT2D eigenvalue weighted by Crippen LogP contribution is -2.15. The summed E-state index contributed by atoms with van der Waals surface area (Å²) >= 11 is 1.67. The van der Waals surface area contributed by atoms with Crippen LogP contribution >= 0.6 is 24.2 Å². The summed E-state index contributed by atoms with van der Waals surface area (Å²) in [6.07, 6.45) is 1.04. The second-order valence-corrected chi connectivity index (χ2v) is 6.73. The van der Waals surface area contributed by atoms with E-state index in [9.17, 15) is 0 Å². The van der Waals surface area contributed by atoms with Crippen LogP contribution in [0, 0.1) is 0 Å². The second-order valence-electron chi connectivity index (χ2n) is 5.67. The third kappa shape index (κ3) is 6.53. The smallest absolute Gasteiger partial charge is 0.214 e. The Morgan fingerprint density at radius 1 is 1.11 bits per heavy atom. The monoisotopic (exact) mass is 405 g/mol. The van der Waals surface area contributed by atoms with Gasteiger partial charge < -0.3 is 10.1 Å². The van der Waals surface area contributed by atoms with E-state index >= 15 is 0 Å². The Bertz CT molecular complexity index is 800. The highest BCUT2D eigenvalue weighted by atomic mass is 35.5. The van der Waals surface area contributed by atoms with Crippen molar-refractivity contribution in [3.05, 3.63) is 60.2 Å². The third-order valence-electron chi connectivity index (χ3n) is 3.71. The highest BCUT2D eigenvalue weighted by Gasteiger charge is 2.08. The molecule has 0 aliphatic carbocycles. The molecule has 0 fully saturated rings. The van der Waals surface area contributed by atoms with E-state index in [0.29, 0.717) is 6.61 Å². The van der Waals surface area contributed by atoms with Crippen molar-refractivity contribution in [3.8, 4) is 11.4 Å². The molecule has 1 aromatic heterocycles. The van der Waals surface area contributed by atoms with Crippen LogP contribution in [0.15, 0.2) is 59.8 Å². The Morgan fingerprint density at radius 2 is 1.96 bits per heavy atom. The molecule has 144 valence electrons. The predicted octanol–water partition coefficient (Wildman–Crippen LogP) is 3.75. The molecular weight excluding hydrogens is 382 g/mol. The summed E-state index contributed by atoms with van der Waals surface area (Å²) in [5, 5.41) is 16.3. The van der Waals surface area contributed by atoms with Gasteiger partial charge in [-0.2, -0.15) is 4.68 Å². The van der Waals surface area contributed by atoms with Gasteiger partial charge in [0.15, 0.2) is 0 Å². The van der Waals surface area contributed by atoms with Crippen LogP contribution in [-0.2, 0) is 6.54 Å². The lowest BCUT2D eigenvalue weighted by atomic mass is 10.2. The van der Waals surface area contributed by atoms with Gasteiger partial charge >= 0.3 is 0 Å². The summed E-state index contributed by atoms with van der Waals surface area (Å²) in [5.41, 5.74) is 2.21. The summed E-state index contributed by atoms with van der Waals surface area (Å²) in [6, 6.07) is 18.2. The largest absolute Gasteiger partial charge is 0.494 e. The summed E-state index contributed by atoms with van der Waals surface area (Å²) in [7, 11) is 0. The van der Waals surface area contributed by atoms with Crippen LogP contribution < -0.4 is 10.1 Å². The maximum absolute atomic E-state index is 5.53. The molecule has 0 aliphatic rings. The van der Waals surface area contributed by atoms with E-state index in [-0.39, 0.29) is 12.4 Å². The molecule has 6 nitrogen and oxygen atoms in total. The van der Waals surface area contributed by atoms with Crippen molar-refractivity contribution in [2.45, 2.75) is 25.0 Å². The van der Waals surface area contributed by atoms with Gasteiger partial charge in [0.2, 0.25) is 5.16 Å². The number of aromatic nitrogens is 4. The van der Waals surface area contributed by atoms with Gasteiger partial charge in [0.05, 0.1) is 12.3 Å². The van der Waals surface area contributed by atoms with Crippen LogP contribution in [0.3, 0.4) is 0 Å². The normalized spacial score (nSPS) is 10.4. The van der Waals surface area contributed by atoms with Gasteiger partial charge in [-0.15, -0.1) is 17.5 Å². The number of ether oxygens (including phenoxy) is 1. The van der Waals surface area contributed by atoms with Gasteiger partial charge in [-0.05, 0) is 60.1 Å². The fraction of sp³-hybridized carbons (Fsp3) is 0.316. The van der Waals surface area contributed by atoms with Crippen molar-refractivity contribution < 1.29 is 4.74 Å². The van der Waals surface area contributed by atoms with Gasteiger partial charge in [-0.1, -0.05) is 42.1 Å². The van der Waals surface area contributed by atoms with E-state index in [1.165, 1.54) is 5.56 Å². The van der Waals surface area contributed by atoms with E-state index in [1.54, 1.807) is 16.4 Å². The molecular formula is C19H24ClN5OS. The minimum atomic E-state index is 0. The van der Waals surface area contributed by atoms with Crippen LogP contribution in [0.1, 0.15) is 18.9 Å². The van der Waals surface area contributed by atoms with Gasteiger partial charge in [-0.25, -0.2) is 0 Å². The van der Waals surface area contributed by atoms with E-state index < -0.39 is 0 Å². The number of nitrogens with one attached hydrogen (secondary N) is 1. The average Bonchev–Trinajstić information content (AvgIpc) is 3.14. The van der Waals surface area contributed by atoms with Crippen LogP contribution in [0.5, 0.6) is 5.75 Å². The Morgan fingerprint density at radius 3 is 2.78 bits per heavy atom. The lowest BCUT2D eigenvalue weighted by Gasteiger charge is -2.08. The van der Waals surface area contributed by atoms with Crippen molar-refractivity contribution >= 4 is 24.2 Å². The molecule has 0 unspecified atom stereocenters. The molecule has 27 heavy (non-hydrogen) atoms. The molecule has 0 bridgehead atoms. The van der Waals surface area contributed by atoms with Gasteiger partial charge in [0.25, 0.3) is 0 Å². The SMILES string of the molecule is CCOc1cccc(CNCCCSc2nnnn2-c2ccccc2)c1.Cl. The number of para-hydroxylation sites is 1. The average molecular weight is 406 g/mol. The Labute approximate surface area is 170 Å². The first-order valence-corrected chi connectivity index (χ1v) is 9.74.